The summed E-state index contributed by atoms with van der Waals surface area (Å²) < 4.78 is 27.9. The van der Waals surface area contributed by atoms with Gasteiger partial charge in [-0.05, 0) is 61.1 Å². The van der Waals surface area contributed by atoms with Gasteiger partial charge in [0.05, 0.1) is 4.90 Å². The van der Waals surface area contributed by atoms with Crippen LogP contribution in [0.3, 0.4) is 0 Å². The third kappa shape index (κ3) is 4.47. The van der Waals surface area contributed by atoms with Gasteiger partial charge in [0.15, 0.2) is 0 Å². The number of sulfonamides is 1. The van der Waals surface area contributed by atoms with Crippen LogP contribution in [0.25, 0.3) is 0 Å². The molecule has 156 valence electrons. The molecule has 0 N–H and O–H groups in total. The lowest BCUT2D eigenvalue weighted by molar-refractivity contribution is 0.384. The van der Waals surface area contributed by atoms with E-state index < -0.39 is 10.0 Å². The van der Waals surface area contributed by atoms with Gasteiger partial charge in [-0.1, -0.05) is 49.1 Å². The first-order valence-corrected chi connectivity index (χ1v) is 12.4. The lowest BCUT2D eigenvalue weighted by atomic mass is 9.84. The van der Waals surface area contributed by atoms with Crippen molar-refractivity contribution in [2.75, 3.05) is 31.1 Å². The number of rotatable bonds is 4. The second kappa shape index (κ2) is 8.66. The Morgan fingerprint density at radius 3 is 2.21 bits per heavy atom. The molecule has 1 heterocycles. The topological polar surface area (TPSA) is 40.6 Å². The van der Waals surface area contributed by atoms with Gasteiger partial charge in [0.25, 0.3) is 0 Å². The first kappa shape index (κ1) is 20.7. The van der Waals surface area contributed by atoms with E-state index in [-0.39, 0.29) is 0 Å². The van der Waals surface area contributed by atoms with Crippen LogP contribution in [0.15, 0.2) is 47.4 Å². The number of halogens is 1. The zero-order valence-electron chi connectivity index (χ0n) is 17.0. The molecule has 0 amide bonds. The summed E-state index contributed by atoms with van der Waals surface area (Å²) in [6, 6.07) is 13.5. The van der Waals surface area contributed by atoms with Crippen molar-refractivity contribution < 1.29 is 8.42 Å². The van der Waals surface area contributed by atoms with E-state index in [1.165, 1.54) is 37.7 Å². The van der Waals surface area contributed by atoms with Crippen LogP contribution in [0, 0.1) is 6.92 Å². The fourth-order valence-electron chi connectivity index (χ4n) is 4.59. The molecule has 0 spiro atoms. The van der Waals surface area contributed by atoms with Crippen molar-refractivity contribution in [3.63, 3.8) is 0 Å². The summed E-state index contributed by atoms with van der Waals surface area (Å²) in [5.74, 6) is 0.588. The SMILES string of the molecule is Cc1ccc(Cl)cc1N1CCN(S(=O)(=O)c2ccc(C3CCCCC3)cc2)CC1. The summed E-state index contributed by atoms with van der Waals surface area (Å²) in [5, 5.41) is 0.707. The minimum atomic E-state index is -3.45. The third-order valence-electron chi connectivity index (χ3n) is 6.34. The van der Waals surface area contributed by atoms with Gasteiger partial charge in [0, 0.05) is 36.9 Å². The largest absolute Gasteiger partial charge is 0.369 e. The van der Waals surface area contributed by atoms with E-state index in [0.29, 0.717) is 42.0 Å². The molecule has 0 aromatic heterocycles. The first-order chi connectivity index (χ1) is 13.9. The van der Waals surface area contributed by atoms with Crippen molar-refractivity contribution in [3.8, 4) is 0 Å². The van der Waals surface area contributed by atoms with Crippen LogP contribution >= 0.6 is 11.6 Å². The molecule has 2 aromatic rings. The summed E-state index contributed by atoms with van der Waals surface area (Å²) in [6.45, 7) is 4.36. The van der Waals surface area contributed by atoms with Crippen molar-refractivity contribution in [1.29, 1.82) is 0 Å². The average molecular weight is 433 g/mol. The molecule has 0 bridgehead atoms. The zero-order valence-corrected chi connectivity index (χ0v) is 18.6. The van der Waals surface area contributed by atoms with Crippen LogP contribution in [-0.2, 0) is 10.0 Å². The molecule has 2 aliphatic rings. The van der Waals surface area contributed by atoms with E-state index >= 15 is 0 Å². The Labute approximate surface area is 179 Å². The number of benzene rings is 2. The van der Waals surface area contributed by atoms with Crippen LogP contribution in [-0.4, -0.2) is 38.9 Å². The second-order valence-corrected chi connectivity index (χ2v) is 10.6. The van der Waals surface area contributed by atoms with E-state index in [0.717, 1.165) is 11.3 Å². The van der Waals surface area contributed by atoms with E-state index in [1.54, 1.807) is 16.4 Å². The van der Waals surface area contributed by atoms with Gasteiger partial charge in [0.2, 0.25) is 10.0 Å². The smallest absolute Gasteiger partial charge is 0.243 e. The van der Waals surface area contributed by atoms with E-state index in [4.69, 9.17) is 11.6 Å². The molecular weight excluding hydrogens is 404 g/mol. The van der Waals surface area contributed by atoms with Crippen molar-refractivity contribution in [2.45, 2.75) is 49.8 Å². The molecule has 29 heavy (non-hydrogen) atoms. The van der Waals surface area contributed by atoms with Gasteiger partial charge in [-0.2, -0.15) is 4.31 Å². The standard InChI is InChI=1S/C23H29ClN2O2S/c1-18-7-10-21(24)17-23(18)25-13-15-26(16-14-25)29(27,28)22-11-8-20(9-12-22)19-5-3-2-4-6-19/h7-12,17,19H,2-6,13-16H2,1H3. The van der Waals surface area contributed by atoms with Crippen LogP contribution < -0.4 is 4.90 Å². The lowest BCUT2D eigenvalue weighted by Crippen LogP contribution is -2.48. The van der Waals surface area contributed by atoms with Crippen LogP contribution in [0.2, 0.25) is 5.02 Å². The molecule has 0 unspecified atom stereocenters. The lowest BCUT2D eigenvalue weighted by Gasteiger charge is -2.36. The first-order valence-electron chi connectivity index (χ1n) is 10.6. The summed E-state index contributed by atoms with van der Waals surface area (Å²) in [7, 11) is -3.45. The molecule has 1 aliphatic heterocycles. The molecule has 1 aliphatic carbocycles. The number of hydrogen-bond acceptors (Lipinski definition) is 3. The van der Waals surface area contributed by atoms with Gasteiger partial charge in [0.1, 0.15) is 0 Å². The molecule has 0 radical (unpaired) electrons. The fourth-order valence-corrected chi connectivity index (χ4v) is 6.18. The maximum atomic E-state index is 13.1. The number of piperazine rings is 1. The van der Waals surface area contributed by atoms with Gasteiger partial charge < -0.3 is 4.90 Å². The quantitative estimate of drug-likeness (QED) is 0.666. The zero-order chi connectivity index (χ0) is 20.4. The highest BCUT2D eigenvalue weighted by molar-refractivity contribution is 7.89. The molecule has 0 atom stereocenters. The molecule has 4 nitrogen and oxygen atoms in total. The predicted molar refractivity (Wildman–Crippen MR) is 119 cm³/mol. The number of nitrogens with zero attached hydrogens (tertiary/aromatic N) is 2. The average Bonchev–Trinajstić information content (AvgIpc) is 2.76. The van der Waals surface area contributed by atoms with Crippen molar-refractivity contribution in [1.82, 2.24) is 4.31 Å². The van der Waals surface area contributed by atoms with Crippen LogP contribution in [0.4, 0.5) is 5.69 Å². The Morgan fingerprint density at radius 1 is 0.897 bits per heavy atom. The van der Waals surface area contributed by atoms with Gasteiger partial charge in [-0.3, -0.25) is 0 Å². The van der Waals surface area contributed by atoms with Crippen molar-refractivity contribution >= 4 is 27.3 Å². The van der Waals surface area contributed by atoms with E-state index in [1.807, 2.05) is 30.3 Å². The van der Waals surface area contributed by atoms with Crippen molar-refractivity contribution in [2.24, 2.45) is 0 Å². The summed E-state index contributed by atoms with van der Waals surface area (Å²) >= 11 is 6.15. The van der Waals surface area contributed by atoms with E-state index in [9.17, 15) is 8.42 Å². The molecule has 2 fully saturated rings. The highest BCUT2D eigenvalue weighted by Crippen LogP contribution is 2.33. The monoisotopic (exact) mass is 432 g/mol. The Hall–Kier alpha value is -1.56. The summed E-state index contributed by atoms with van der Waals surface area (Å²) in [4.78, 5) is 2.63. The molecular formula is C23H29ClN2O2S. The molecule has 2 aromatic carbocycles. The number of anilines is 1. The molecule has 6 heteroatoms. The Morgan fingerprint density at radius 2 is 1.55 bits per heavy atom. The Bertz CT molecular complexity index is 945. The number of aryl methyl sites for hydroxylation is 1. The summed E-state index contributed by atoms with van der Waals surface area (Å²) in [5.41, 5.74) is 3.53. The Balaban J connectivity index is 1.44. The van der Waals surface area contributed by atoms with Crippen LogP contribution in [0.5, 0.6) is 0 Å². The minimum absolute atomic E-state index is 0.407. The van der Waals surface area contributed by atoms with Crippen LogP contribution in [0.1, 0.15) is 49.1 Å². The molecule has 1 saturated heterocycles. The molecule has 1 saturated carbocycles. The van der Waals surface area contributed by atoms with Gasteiger partial charge >= 0.3 is 0 Å². The summed E-state index contributed by atoms with van der Waals surface area (Å²) in [6.07, 6.45) is 6.32. The predicted octanol–water partition coefficient (Wildman–Crippen LogP) is 5.21. The Kier molecular flexibility index (Phi) is 6.19. The van der Waals surface area contributed by atoms with E-state index in [2.05, 4.69) is 11.8 Å². The minimum Gasteiger partial charge on any atom is -0.369 e. The maximum Gasteiger partial charge on any atom is 0.243 e. The normalized spacial score (nSPS) is 19.4. The highest BCUT2D eigenvalue weighted by Gasteiger charge is 2.29. The maximum absolute atomic E-state index is 13.1. The fraction of sp³-hybridized carbons (Fsp3) is 0.478. The molecule has 4 rings (SSSR count). The number of hydrogen-bond donors (Lipinski definition) is 0. The second-order valence-electron chi connectivity index (χ2n) is 8.23. The van der Waals surface area contributed by atoms with Gasteiger partial charge in [-0.15, -0.1) is 0 Å². The third-order valence-corrected chi connectivity index (χ3v) is 8.49. The van der Waals surface area contributed by atoms with Gasteiger partial charge in [-0.25, -0.2) is 8.42 Å². The van der Waals surface area contributed by atoms with Crippen molar-refractivity contribution in [3.05, 3.63) is 58.6 Å². The highest BCUT2D eigenvalue weighted by atomic mass is 35.5.